The van der Waals surface area contributed by atoms with E-state index in [4.69, 9.17) is 10.5 Å². The molecule has 0 radical (unpaired) electrons. The van der Waals surface area contributed by atoms with Crippen LogP contribution in [0.1, 0.15) is 37.5 Å². The zero-order valence-electron chi connectivity index (χ0n) is 13.8. The molecule has 0 bridgehead atoms. The van der Waals surface area contributed by atoms with Crippen LogP contribution in [0.15, 0.2) is 12.1 Å². The summed E-state index contributed by atoms with van der Waals surface area (Å²) in [6, 6.07) is 3.27. The van der Waals surface area contributed by atoms with E-state index in [1.165, 1.54) is 5.56 Å². The standard InChI is InChI=1S/C17H24N2O3/c1-9-6-11-8-13(22-12(11)7-10(9)2)16(21)19-14(15(18)20)17(3,4)5/h6-7,13-14H,8H2,1-5H3,(H2,18,20)(H,19,21)/t13-,14+/m0/s1. The molecule has 0 fully saturated rings. The maximum atomic E-state index is 12.4. The lowest BCUT2D eigenvalue weighted by Gasteiger charge is -2.29. The van der Waals surface area contributed by atoms with Crippen LogP contribution in [0.25, 0.3) is 0 Å². The Morgan fingerprint density at radius 3 is 2.41 bits per heavy atom. The molecule has 1 aromatic carbocycles. The number of fused-ring (bicyclic) bond motifs is 1. The molecule has 22 heavy (non-hydrogen) atoms. The van der Waals surface area contributed by atoms with Gasteiger partial charge in [-0.05, 0) is 42.0 Å². The Morgan fingerprint density at radius 2 is 1.86 bits per heavy atom. The molecule has 0 aliphatic carbocycles. The highest BCUT2D eigenvalue weighted by molar-refractivity contribution is 5.89. The minimum atomic E-state index is -0.726. The van der Waals surface area contributed by atoms with E-state index in [2.05, 4.69) is 5.32 Å². The predicted molar refractivity (Wildman–Crippen MR) is 84.6 cm³/mol. The summed E-state index contributed by atoms with van der Waals surface area (Å²) in [4.78, 5) is 24.0. The first kappa shape index (κ1) is 16.3. The number of hydrogen-bond acceptors (Lipinski definition) is 3. The van der Waals surface area contributed by atoms with Crippen molar-refractivity contribution in [3.05, 3.63) is 28.8 Å². The van der Waals surface area contributed by atoms with Gasteiger partial charge in [-0.2, -0.15) is 0 Å². The quantitative estimate of drug-likeness (QED) is 0.890. The van der Waals surface area contributed by atoms with Crippen LogP contribution in [0.5, 0.6) is 5.75 Å². The van der Waals surface area contributed by atoms with Gasteiger partial charge in [-0.3, -0.25) is 9.59 Å². The second-order valence-corrected chi connectivity index (χ2v) is 7.06. The third kappa shape index (κ3) is 3.24. The summed E-state index contributed by atoms with van der Waals surface area (Å²) in [6.07, 6.45) is -0.0989. The lowest BCUT2D eigenvalue weighted by atomic mass is 9.86. The lowest BCUT2D eigenvalue weighted by molar-refractivity contribution is -0.133. The molecule has 2 atom stereocenters. The third-order valence-electron chi connectivity index (χ3n) is 4.08. The van der Waals surface area contributed by atoms with E-state index in [0.29, 0.717) is 6.42 Å². The molecular weight excluding hydrogens is 280 g/mol. The molecule has 120 valence electrons. The summed E-state index contributed by atoms with van der Waals surface area (Å²) in [5.41, 5.74) is 8.28. The van der Waals surface area contributed by atoms with Crippen molar-refractivity contribution >= 4 is 11.8 Å². The molecule has 2 amide bonds. The normalized spacial score (nSPS) is 18.3. The number of aryl methyl sites for hydroxylation is 2. The Bertz CT molecular complexity index is 586. The van der Waals surface area contributed by atoms with Gasteiger partial charge in [0.25, 0.3) is 5.91 Å². The van der Waals surface area contributed by atoms with Gasteiger partial charge in [0.2, 0.25) is 5.91 Å². The van der Waals surface area contributed by atoms with Crippen LogP contribution >= 0.6 is 0 Å². The van der Waals surface area contributed by atoms with Crippen LogP contribution in [0.3, 0.4) is 0 Å². The number of nitrogens with one attached hydrogen (secondary N) is 1. The van der Waals surface area contributed by atoms with E-state index < -0.39 is 23.5 Å². The van der Waals surface area contributed by atoms with Crippen molar-refractivity contribution < 1.29 is 14.3 Å². The van der Waals surface area contributed by atoms with Gasteiger partial charge >= 0.3 is 0 Å². The average molecular weight is 304 g/mol. The summed E-state index contributed by atoms with van der Waals surface area (Å²) in [5.74, 6) is -0.0945. The Morgan fingerprint density at radius 1 is 1.27 bits per heavy atom. The van der Waals surface area contributed by atoms with Crippen LogP contribution in [0, 0.1) is 19.3 Å². The van der Waals surface area contributed by atoms with Gasteiger partial charge in [-0.25, -0.2) is 0 Å². The van der Waals surface area contributed by atoms with Crippen LogP contribution < -0.4 is 15.8 Å². The Kier molecular flexibility index (Phi) is 4.18. The number of ether oxygens (including phenoxy) is 1. The van der Waals surface area contributed by atoms with Crippen molar-refractivity contribution in [2.75, 3.05) is 0 Å². The molecule has 0 spiro atoms. The van der Waals surface area contributed by atoms with Crippen molar-refractivity contribution in [1.29, 1.82) is 0 Å². The van der Waals surface area contributed by atoms with Gasteiger partial charge in [0.1, 0.15) is 11.8 Å². The van der Waals surface area contributed by atoms with E-state index in [0.717, 1.165) is 16.9 Å². The lowest BCUT2D eigenvalue weighted by Crippen LogP contribution is -2.54. The van der Waals surface area contributed by atoms with Crippen molar-refractivity contribution in [3.8, 4) is 5.75 Å². The van der Waals surface area contributed by atoms with Crippen molar-refractivity contribution in [2.45, 2.75) is 53.2 Å². The number of carbonyl (C=O) groups is 2. The Hall–Kier alpha value is -2.04. The van der Waals surface area contributed by atoms with Crippen LogP contribution in [0.2, 0.25) is 0 Å². The number of primary amides is 1. The molecule has 3 N–H and O–H groups in total. The SMILES string of the molecule is Cc1cc2c(cc1C)O[C@H](C(=O)N[C@H](C(N)=O)C(C)(C)C)C2. The first-order valence-electron chi connectivity index (χ1n) is 7.46. The van der Waals surface area contributed by atoms with Crippen molar-refractivity contribution in [3.63, 3.8) is 0 Å². The average Bonchev–Trinajstić information content (AvgIpc) is 2.77. The van der Waals surface area contributed by atoms with Gasteiger partial charge in [-0.1, -0.05) is 26.8 Å². The van der Waals surface area contributed by atoms with Gasteiger partial charge in [-0.15, -0.1) is 0 Å². The summed E-state index contributed by atoms with van der Waals surface area (Å²) in [6.45, 7) is 9.62. The molecule has 1 heterocycles. The van der Waals surface area contributed by atoms with Gasteiger partial charge in [0, 0.05) is 6.42 Å². The number of nitrogens with two attached hydrogens (primary N) is 1. The number of amides is 2. The molecule has 5 heteroatoms. The van der Waals surface area contributed by atoms with Crippen molar-refractivity contribution in [1.82, 2.24) is 5.32 Å². The number of hydrogen-bond donors (Lipinski definition) is 2. The molecule has 1 aliphatic heterocycles. The minimum absolute atomic E-state index is 0.301. The fourth-order valence-corrected chi connectivity index (χ4v) is 2.61. The number of carbonyl (C=O) groups excluding carboxylic acids is 2. The molecule has 5 nitrogen and oxygen atoms in total. The molecule has 1 aromatic rings. The first-order valence-corrected chi connectivity index (χ1v) is 7.46. The van der Waals surface area contributed by atoms with Crippen molar-refractivity contribution in [2.24, 2.45) is 11.1 Å². The van der Waals surface area contributed by atoms with E-state index in [1.807, 2.05) is 46.8 Å². The summed E-state index contributed by atoms with van der Waals surface area (Å²) in [7, 11) is 0. The second kappa shape index (κ2) is 5.63. The molecule has 0 aromatic heterocycles. The van der Waals surface area contributed by atoms with Crippen LogP contribution in [-0.4, -0.2) is 24.0 Å². The Labute approximate surface area is 131 Å². The molecule has 2 rings (SSSR count). The largest absolute Gasteiger partial charge is 0.480 e. The zero-order chi connectivity index (χ0) is 16.7. The number of benzene rings is 1. The van der Waals surface area contributed by atoms with E-state index in [1.54, 1.807) is 0 Å². The second-order valence-electron chi connectivity index (χ2n) is 7.06. The van der Waals surface area contributed by atoms with E-state index in [9.17, 15) is 9.59 Å². The molecule has 1 aliphatic rings. The maximum absolute atomic E-state index is 12.4. The highest BCUT2D eigenvalue weighted by Gasteiger charge is 2.36. The van der Waals surface area contributed by atoms with Gasteiger partial charge in [0.05, 0.1) is 0 Å². The zero-order valence-corrected chi connectivity index (χ0v) is 13.8. The highest BCUT2D eigenvalue weighted by atomic mass is 16.5. The maximum Gasteiger partial charge on any atom is 0.262 e. The third-order valence-corrected chi connectivity index (χ3v) is 4.08. The van der Waals surface area contributed by atoms with E-state index in [-0.39, 0.29) is 5.91 Å². The Balaban J connectivity index is 2.11. The summed E-state index contributed by atoms with van der Waals surface area (Å²) < 4.78 is 5.73. The van der Waals surface area contributed by atoms with Gasteiger partial charge in [0.15, 0.2) is 6.10 Å². The fraction of sp³-hybridized carbons (Fsp3) is 0.529. The molecule has 0 saturated heterocycles. The molecule has 0 saturated carbocycles. The number of rotatable bonds is 3. The topological polar surface area (TPSA) is 81.4 Å². The summed E-state index contributed by atoms with van der Waals surface area (Å²) >= 11 is 0. The summed E-state index contributed by atoms with van der Waals surface area (Å²) in [5, 5.41) is 2.72. The minimum Gasteiger partial charge on any atom is -0.480 e. The highest BCUT2D eigenvalue weighted by Crippen LogP contribution is 2.31. The van der Waals surface area contributed by atoms with Crippen LogP contribution in [0.4, 0.5) is 0 Å². The smallest absolute Gasteiger partial charge is 0.262 e. The molecular formula is C17H24N2O3. The van der Waals surface area contributed by atoms with E-state index >= 15 is 0 Å². The van der Waals surface area contributed by atoms with Crippen LogP contribution in [-0.2, 0) is 16.0 Å². The fourth-order valence-electron chi connectivity index (χ4n) is 2.61. The first-order chi connectivity index (χ1) is 10.1. The predicted octanol–water partition coefficient (Wildman–Crippen LogP) is 1.62. The molecule has 0 unspecified atom stereocenters. The monoisotopic (exact) mass is 304 g/mol. The van der Waals surface area contributed by atoms with Gasteiger partial charge < -0.3 is 15.8 Å².